The van der Waals surface area contributed by atoms with Crippen molar-refractivity contribution in [3.8, 4) is 22.8 Å². The minimum atomic E-state index is -1.19. The molecule has 110 valence electrons. The summed E-state index contributed by atoms with van der Waals surface area (Å²) in [5, 5.41) is 3.70. The molecule has 22 heavy (non-hydrogen) atoms. The third-order valence-corrected chi connectivity index (χ3v) is 2.82. The summed E-state index contributed by atoms with van der Waals surface area (Å²) in [7, 11) is 1.24. The van der Waals surface area contributed by atoms with Gasteiger partial charge in [0, 0.05) is 5.56 Å². The summed E-state index contributed by atoms with van der Waals surface area (Å²) in [5.74, 6) is -2.11. The number of halogens is 1. The van der Waals surface area contributed by atoms with Gasteiger partial charge in [-0.1, -0.05) is 29.4 Å². The van der Waals surface area contributed by atoms with Gasteiger partial charge in [-0.05, 0) is 24.2 Å². The summed E-state index contributed by atoms with van der Waals surface area (Å²) in [6.45, 7) is 0. The van der Waals surface area contributed by atoms with Crippen LogP contribution in [0.4, 0.5) is 4.39 Å². The van der Waals surface area contributed by atoms with Crippen LogP contribution in [0.15, 0.2) is 53.0 Å². The van der Waals surface area contributed by atoms with Crippen LogP contribution in [0.25, 0.3) is 22.8 Å². The van der Waals surface area contributed by atoms with E-state index in [1.807, 2.05) is 0 Å². The van der Waals surface area contributed by atoms with E-state index in [0.717, 1.165) is 0 Å². The zero-order valence-corrected chi connectivity index (χ0v) is 11.3. The van der Waals surface area contributed by atoms with E-state index in [9.17, 15) is 9.18 Å². The van der Waals surface area contributed by atoms with Gasteiger partial charge in [0.15, 0.2) is 0 Å². The molecule has 0 aliphatic heterocycles. The van der Waals surface area contributed by atoms with E-state index in [-0.39, 0.29) is 11.4 Å². The van der Waals surface area contributed by atoms with Crippen molar-refractivity contribution < 1.29 is 23.9 Å². The summed E-state index contributed by atoms with van der Waals surface area (Å²) in [6, 6.07) is 3.40. The number of hydrogen-bond acceptors (Lipinski definition) is 5. The zero-order valence-electron chi connectivity index (χ0n) is 15.3. The maximum Gasteiger partial charge on any atom is 0.337 e. The van der Waals surface area contributed by atoms with Crippen molar-refractivity contribution in [2.24, 2.45) is 0 Å². The molecule has 1 heterocycles. The largest absolute Gasteiger partial charge is 0.465 e. The van der Waals surface area contributed by atoms with Crippen molar-refractivity contribution in [2.45, 2.75) is 0 Å². The molecule has 0 saturated heterocycles. The number of benzene rings is 2. The molecule has 6 heteroatoms. The fraction of sp³-hybridized carbons (Fsp3) is 0.0625. The number of esters is 1. The van der Waals surface area contributed by atoms with Gasteiger partial charge in [-0.25, -0.2) is 9.18 Å². The van der Waals surface area contributed by atoms with Gasteiger partial charge < -0.3 is 9.26 Å². The van der Waals surface area contributed by atoms with Crippen LogP contribution < -0.4 is 0 Å². The maximum absolute atomic E-state index is 14.3. The highest BCUT2D eigenvalue weighted by Gasteiger charge is 2.15. The average Bonchev–Trinajstić information content (AvgIpc) is 3.14. The third-order valence-electron chi connectivity index (χ3n) is 2.82. The third kappa shape index (κ3) is 2.58. The monoisotopic (exact) mass is 302 g/mol. The topological polar surface area (TPSA) is 65.2 Å². The standard InChI is InChI=1S/C16H11FN2O3/c1-21-16(20)11-6-4-5-10(9-11)14-18-15(22-19-14)12-7-2-3-8-13(12)17/h2-9H,1H3/i2D,3D,7D,8D. The minimum Gasteiger partial charge on any atom is -0.465 e. The summed E-state index contributed by atoms with van der Waals surface area (Å²) in [4.78, 5) is 15.6. The van der Waals surface area contributed by atoms with Crippen molar-refractivity contribution in [3.63, 3.8) is 0 Å². The molecule has 3 rings (SSSR count). The molecule has 0 fully saturated rings. The molecule has 1 aromatic heterocycles. The number of aromatic nitrogens is 2. The highest BCUT2D eigenvalue weighted by molar-refractivity contribution is 5.90. The van der Waals surface area contributed by atoms with Gasteiger partial charge in [-0.3, -0.25) is 0 Å². The molecular weight excluding hydrogens is 287 g/mol. The van der Waals surface area contributed by atoms with Crippen LogP contribution in [0.5, 0.6) is 0 Å². The summed E-state index contributed by atoms with van der Waals surface area (Å²) in [5.41, 5.74) is 0.132. The molecule has 0 amide bonds. The smallest absolute Gasteiger partial charge is 0.337 e. The second kappa shape index (κ2) is 5.77. The Hall–Kier alpha value is -3.02. The van der Waals surface area contributed by atoms with Crippen LogP contribution in [0.3, 0.4) is 0 Å². The average molecular weight is 302 g/mol. The van der Waals surface area contributed by atoms with Gasteiger partial charge in [0.1, 0.15) is 5.82 Å². The van der Waals surface area contributed by atoms with Gasteiger partial charge in [-0.15, -0.1) is 0 Å². The van der Waals surface area contributed by atoms with E-state index in [4.69, 9.17) is 10.0 Å². The summed E-state index contributed by atoms with van der Waals surface area (Å²) < 4.78 is 54.4. The Morgan fingerprint density at radius 1 is 1.36 bits per heavy atom. The second-order valence-electron chi connectivity index (χ2n) is 4.18. The van der Waals surface area contributed by atoms with Crippen LogP contribution in [-0.2, 0) is 4.74 Å². The molecule has 2 aromatic carbocycles. The first kappa shape index (κ1) is 9.83. The highest BCUT2D eigenvalue weighted by Crippen LogP contribution is 2.24. The number of carbonyl (C=O) groups is 1. The second-order valence-corrected chi connectivity index (χ2v) is 4.18. The quantitative estimate of drug-likeness (QED) is 0.694. The molecule has 3 aromatic rings. The summed E-state index contributed by atoms with van der Waals surface area (Å²) in [6.07, 6.45) is 0. The fourth-order valence-corrected chi connectivity index (χ4v) is 1.79. The van der Waals surface area contributed by atoms with Crippen molar-refractivity contribution in [1.29, 1.82) is 0 Å². The number of rotatable bonds is 3. The number of hydrogen-bond donors (Lipinski definition) is 0. The van der Waals surface area contributed by atoms with Crippen LogP contribution in [-0.4, -0.2) is 23.2 Å². The Morgan fingerprint density at radius 3 is 3.00 bits per heavy atom. The van der Waals surface area contributed by atoms with E-state index in [2.05, 4.69) is 14.9 Å². The Labute approximate surface area is 131 Å². The Balaban J connectivity index is 2.09. The van der Waals surface area contributed by atoms with E-state index >= 15 is 0 Å². The fourth-order valence-electron chi connectivity index (χ4n) is 1.79. The van der Waals surface area contributed by atoms with Gasteiger partial charge in [0.05, 0.1) is 23.7 Å². The normalized spacial score (nSPS) is 13.0. The molecule has 0 N–H and O–H groups in total. The maximum atomic E-state index is 14.3. The number of carbonyl (C=O) groups excluding carboxylic acids is 1. The number of nitrogens with zero attached hydrogens (tertiary/aromatic N) is 2. The van der Waals surface area contributed by atoms with E-state index in [1.54, 1.807) is 12.1 Å². The van der Waals surface area contributed by atoms with Crippen molar-refractivity contribution in [3.05, 3.63) is 59.8 Å². The number of methoxy groups -OCH3 is 1. The highest BCUT2D eigenvalue weighted by atomic mass is 19.1. The lowest BCUT2D eigenvalue weighted by molar-refractivity contribution is 0.0601. The first-order chi connectivity index (χ1) is 12.3. The lowest BCUT2D eigenvalue weighted by Gasteiger charge is -2.00. The van der Waals surface area contributed by atoms with Crippen LogP contribution >= 0.6 is 0 Å². The molecule has 0 aliphatic carbocycles. The molecule has 0 saturated carbocycles. The van der Waals surface area contributed by atoms with Crippen LogP contribution in [0.2, 0.25) is 0 Å². The van der Waals surface area contributed by atoms with Crippen LogP contribution in [0.1, 0.15) is 15.8 Å². The van der Waals surface area contributed by atoms with Crippen molar-refractivity contribution in [1.82, 2.24) is 10.1 Å². The van der Waals surface area contributed by atoms with Gasteiger partial charge in [0.25, 0.3) is 5.89 Å². The minimum absolute atomic E-state index is 0.0255. The molecule has 0 spiro atoms. The zero-order chi connectivity index (χ0) is 19.0. The molecular formula is C16H11FN2O3. The summed E-state index contributed by atoms with van der Waals surface area (Å²) >= 11 is 0. The predicted molar refractivity (Wildman–Crippen MR) is 76.5 cm³/mol. The molecule has 0 radical (unpaired) electrons. The Bertz CT molecular complexity index is 994. The Kier molecular flexibility index (Phi) is 2.58. The van der Waals surface area contributed by atoms with Crippen LogP contribution in [0, 0.1) is 5.82 Å². The van der Waals surface area contributed by atoms with Crippen molar-refractivity contribution >= 4 is 5.97 Å². The first-order valence-electron chi connectivity index (χ1n) is 8.13. The predicted octanol–water partition coefficient (Wildman–Crippen LogP) is 3.33. The molecule has 0 bridgehead atoms. The number of ether oxygens (including phenoxy) is 1. The van der Waals surface area contributed by atoms with Gasteiger partial charge in [0.2, 0.25) is 5.82 Å². The SMILES string of the molecule is [2H]c1c([2H])c([2H])c(-c2nc(-c3cccc(C(=O)OC)c3)no2)c(F)c1[2H]. The molecule has 0 unspecified atom stereocenters. The van der Waals surface area contributed by atoms with Gasteiger partial charge >= 0.3 is 5.97 Å². The van der Waals surface area contributed by atoms with E-state index in [0.29, 0.717) is 5.56 Å². The Morgan fingerprint density at radius 2 is 2.18 bits per heavy atom. The lowest BCUT2D eigenvalue weighted by Crippen LogP contribution is -2.00. The first-order valence-corrected chi connectivity index (χ1v) is 6.13. The molecule has 0 aliphatic rings. The molecule has 5 nitrogen and oxygen atoms in total. The van der Waals surface area contributed by atoms with Crippen molar-refractivity contribution in [2.75, 3.05) is 7.11 Å². The molecule has 0 atom stereocenters. The van der Waals surface area contributed by atoms with Gasteiger partial charge in [-0.2, -0.15) is 4.98 Å². The van der Waals surface area contributed by atoms with E-state index in [1.165, 1.54) is 19.2 Å². The lowest BCUT2D eigenvalue weighted by atomic mass is 10.1. The van der Waals surface area contributed by atoms with E-state index < -0.39 is 47.4 Å².